The Balaban J connectivity index is 0.000000617. The molecule has 1 saturated heterocycles. The van der Waals surface area contributed by atoms with Gasteiger partial charge in [-0.15, -0.1) is 0 Å². The van der Waals surface area contributed by atoms with Gasteiger partial charge in [-0.25, -0.2) is 18.7 Å². The highest BCUT2D eigenvalue weighted by molar-refractivity contribution is 6.13. The minimum atomic E-state index is -0.831. The number of anilines is 1. The monoisotopic (exact) mass is 527 g/mol. The molecular weight excluding hydrogens is 496 g/mol. The summed E-state index contributed by atoms with van der Waals surface area (Å²) in [4.78, 5) is 24.6. The molecule has 2 aromatic heterocycles. The number of benzene rings is 2. The highest BCUT2D eigenvalue weighted by Crippen LogP contribution is 2.36. The van der Waals surface area contributed by atoms with Crippen LogP contribution in [0.3, 0.4) is 0 Å². The van der Waals surface area contributed by atoms with E-state index in [0.29, 0.717) is 30.5 Å². The molecule has 12 heteroatoms. The van der Waals surface area contributed by atoms with Crippen LogP contribution in [0.15, 0.2) is 42.7 Å². The number of piperazine rings is 1. The molecule has 3 heterocycles. The maximum Gasteiger partial charge on any atom is 0.280 e. The van der Waals surface area contributed by atoms with Crippen LogP contribution in [0.2, 0.25) is 0 Å². The third kappa shape index (κ3) is 5.72. The molecule has 5 rings (SSSR count). The molecule has 202 valence electrons. The van der Waals surface area contributed by atoms with Gasteiger partial charge in [-0.05, 0) is 30.2 Å². The molecule has 0 aliphatic carbocycles. The lowest BCUT2D eigenvalue weighted by molar-refractivity contribution is -0.383. The topological polar surface area (TPSA) is 116 Å². The summed E-state index contributed by atoms with van der Waals surface area (Å²) in [6.45, 7) is 5.08. The number of fused-ring (bicyclic) bond motifs is 3. The quantitative estimate of drug-likeness (QED) is 0.288. The van der Waals surface area contributed by atoms with Crippen LogP contribution in [0, 0.1) is 21.7 Å². The van der Waals surface area contributed by atoms with Gasteiger partial charge in [-0.3, -0.25) is 15.0 Å². The molecule has 4 aromatic rings. The molecule has 10 nitrogen and oxygen atoms in total. The summed E-state index contributed by atoms with van der Waals surface area (Å²) in [5.74, 6) is -0.893. The standard InChI is InChI=1S/C23H22F2N6O2.C3H9NO/c1-28-18-3-2-4-19(31(32)33)20(18)21-22(28)23(27-14-26-21)30-11-9-29(10-12-30)8-7-15-5-6-16(24)17(25)13-15;1-5-3-2-4/h2-6,13-14H,7-12H2,1H3;2-4H2,1H3. The lowest BCUT2D eigenvalue weighted by atomic mass is 10.1. The zero-order valence-electron chi connectivity index (χ0n) is 21.4. The van der Waals surface area contributed by atoms with Crippen molar-refractivity contribution in [2.75, 3.05) is 57.9 Å². The molecule has 0 saturated carbocycles. The summed E-state index contributed by atoms with van der Waals surface area (Å²) in [6.07, 6.45) is 2.10. The van der Waals surface area contributed by atoms with Crippen molar-refractivity contribution in [2.24, 2.45) is 12.8 Å². The van der Waals surface area contributed by atoms with Gasteiger partial charge in [-0.1, -0.05) is 12.1 Å². The van der Waals surface area contributed by atoms with E-state index in [1.807, 2.05) is 17.7 Å². The third-order valence-electron chi connectivity index (χ3n) is 6.65. The lowest BCUT2D eigenvalue weighted by Crippen LogP contribution is -2.47. The number of non-ortho nitro benzene ring substituents is 1. The highest BCUT2D eigenvalue weighted by atomic mass is 19.2. The Morgan fingerprint density at radius 1 is 1.11 bits per heavy atom. The first-order chi connectivity index (χ1) is 18.3. The van der Waals surface area contributed by atoms with E-state index in [-0.39, 0.29) is 10.6 Å². The number of nitrogens with zero attached hydrogens (tertiary/aromatic N) is 6. The van der Waals surface area contributed by atoms with Crippen molar-refractivity contribution in [1.82, 2.24) is 19.4 Å². The fourth-order valence-corrected chi connectivity index (χ4v) is 4.70. The molecule has 38 heavy (non-hydrogen) atoms. The van der Waals surface area contributed by atoms with E-state index in [2.05, 4.69) is 24.5 Å². The first kappa shape index (κ1) is 27.3. The average Bonchev–Trinajstić information content (AvgIpc) is 3.22. The van der Waals surface area contributed by atoms with E-state index in [1.54, 1.807) is 19.2 Å². The van der Waals surface area contributed by atoms with Crippen LogP contribution in [-0.2, 0) is 18.2 Å². The predicted octanol–water partition coefficient (Wildman–Crippen LogP) is 3.26. The van der Waals surface area contributed by atoms with E-state index < -0.39 is 11.6 Å². The molecule has 0 bridgehead atoms. The number of nitro groups is 1. The van der Waals surface area contributed by atoms with Crippen LogP contribution in [0.25, 0.3) is 21.9 Å². The largest absolute Gasteiger partial charge is 0.383 e. The second kappa shape index (κ2) is 12.2. The van der Waals surface area contributed by atoms with Crippen molar-refractivity contribution in [3.63, 3.8) is 0 Å². The van der Waals surface area contributed by atoms with E-state index in [9.17, 15) is 18.9 Å². The number of rotatable bonds is 7. The molecule has 0 unspecified atom stereocenters. The predicted molar refractivity (Wildman–Crippen MR) is 142 cm³/mol. The molecule has 1 aliphatic rings. The number of halogens is 2. The van der Waals surface area contributed by atoms with Gasteiger partial charge < -0.3 is 19.9 Å². The zero-order valence-corrected chi connectivity index (χ0v) is 21.4. The van der Waals surface area contributed by atoms with Crippen molar-refractivity contribution < 1.29 is 18.4 Å². The SMILES string of the molecule is COCCN.Cn1c2cccc([N+](=O)[O-])c2c2ncnc(N3CCN(CCc4ccc(F)c(F)c4)CC3)c21. The Kier molecular flexibility index (Phi) is 8.77. The minimum Gasteiger partial charge on any atom is -0.383 e. The van der Waals surface area contributed by atoms with E-state index in [1.165, 1.54) is 18.5 Å². The van der Waals surface area contributed by atoms with Crippen molar-refractivity contribution >= 4 is 33.4 Å². The van der Waals surface area contributed by atoms with E-state index in [0.717, 1.165) is 61.2 Å². The van der Waals surface area contributed by atoms with Gasteiger partial charge in [-0.2, -0.15) is 0 Å². The molecule has 0 radical (unpaired) electrons. The van der Waals surface area contributed by atoms with Crippen LogP contribution in [0.5, 0.6) is 0 Å². The summed E-state index contributed by atoms with van der Waals surface area (Å²) in [5, 5.41) is 12.1. The first-order valence-electron chi connectivity index (χ1n) is 12.3. The van der Waals surface area contributed by atoms with Gasteiger partial charge >= 0.3 is 0 Å². The van der Waals surface area contributed by atoms with Crippen molar-refractivity contribution in [2.45, 2.75) is 6.42 Å². The maximum absolute atomic E-state index is 13.4. The number of hydrogen-bond donors (Lipinski definition) is 1. The Bertz CT molecular complexity index is 1420. The number of aryl methyl sites for hydroxylation is 1. The molecule has 1 fully saturated rings. The van der Waals surface area contributed by atoms with Crippen LogP contribution in [0.4, 0.5) is 20.3 Å². The van der Waals surface area contributed by atoms with E-state index in [4.69, 9.17) is 5.73 Å². The van der Waals surface area contributed by atoms with Gasteiger partial charge in [0.2, 0.25) is 0 Å². The molecule has 0 atom stereocenters. The number of nitrogens with two attached hydrogens (primary N) is 1. The summed E-state index contributed by atoms with van der Waals surface area (Å²) >= 11 is 0. The van der Waals surface area contributed by atoms with Crippen molar-refractivity contribution in [1.29, 1.82) is 0 Å². The summed E-state index contributed by atoms with van der Waals surface area (Å²) < 4.78 is 33.1. The maximum atomic E-state index is 13.4. The molecular formula is C26H31F2N7O3. The Morgan fingerprint density at radius 3 is 2.50 bits per heavy atom. The van der Waals surface area contributed by atoms with Gasteiger partial charge in [0.05, 0.1) is 17.0 Å². The van der Waals surface area contributed by atoms with Crippen LogP contribution in [0.1, 0.15) is 5.56 Å². The number of hydrogen-bond acceptors (Lipinski definition) is 8. The van der Waals surface area contributed by atoms with Crippen LogP contribution >= 0.6 is 0 Å². The molecule has 1 aliphatic heterocycles. The number of ether oxygens (including phenoxy) is 1. The van der Waals surface area contributed by atoms with Gasteiger partial charge in [0.1, 0.15) is 22.7 Å². The second-order valence-corrected chi connectivity index (χ2v) is 8.99. The lowest BCUT2D eigenvalue weighted by Gasteiger charge is -2.35. The minimum absolute atomic E-state index is 0.0322. The Hall–Kier alpha value is -3.74. The van der Waals surface area contributed by atoms with E-state index >= 15 is 0 Å². The average molecular weight is 528 g/mol. The van der Waals surface area contributed by atoms with Crippen LogP contribution < -0.4 is 10.6 Å². The summed E-state index contributed by atoms with van der Waals surface area (Å²) in [7, 11) is 3.51. The number of nitro benzene ring substituents is 1. The highest BCUT2D eigenvalue weighted by Gasteiger charge is 2.25. The molecule has 0 spiro atoms. The number of aromatic nitrogens is 3. The smallest absolute Gasteiger partial charge is 0.280 e. The Labute approximate surface area is 218 Å². The van der Waals surface area contributed by atoms with Gasteiger partial charge in [0, 0.05) is 59.5 Å². The zero-order chi connectivity index (χ0) is 27.2. The molecule has 2 N–H and O–H groups in total. The van der Waals surface area contributed by atoms with Crippen LogP contribution in [-0.4, -0.2) is 77.3 Å². The summed E-state index contributed by atoms with van der Waals surface area (Å²) in [6, 6.07) is 9.06. The fraction of sp³-hybridized carbons (Fsp3) is 0.385. The fourth-order valence-electron chi connectivity index (χ4n) is 4.70. The Morgan fingerprint density at radius 2 is 1.87 bits per heavy atom. The normalized spacial score (nSPS) is 14.1. The van der Waals surface area contributed by atoms with Gasteiger partial charge in [0.15, 0.2) is 17.5 Å². The molecule has 0 amide bonds. The first-order valence-corrected chi connectivity index (χ1v) is 12.3. The summed E-state index contributed by atoms with van der Waals surface area (Å²) in [5.41, 5.74) is 7.91. The third-order valence-corrected chi connectivity index (χ3v) is 6.65. The second-order valence-electron chi connectivity index (χ2n) is 8.99. The van der Waals surface area contributed by atoms with Crippen molar-refractivity contribution in [3.05, 3.63) is 70.0 Å². The van der Waals surface area contributed by atoms with Gasteiger partial charge in [0.25, 0.3) is 5.69 Å². The number of methoxy groups -OCH3 is 1. The van der Waals surface area contributed by atoms with Crippen molar-refractivity contribution in [3.8, 4) is 0 Å². The molecule has 2 aromatic carbocycles.